The lowest BCUT2D eigenvalue weighted by Crippen LogP contribution is -2.30. The Morgan fingerprint density at radius 2 is 0.565 bits per heavy atom. The number of carbonyl (C=O) groups excluding carboxylic acids is 3. The molecule has 0 spiro atoms. The minimum atomic E-state index is -0.794. The second-order valence-electron chi connectivity index (χ2n) is 19.5. The Balaban J connectivity index is 4.41. The number of allylic oxidation sites excluding steroid dienone is 12. The predicted octanol–water partition coefficient (Wildman–Crippen LogP) is 19.8. The summed E-state index contributed by atoms with van der Waals surface area (Å²) in [6.07, 6.45) is 73.2. The van der Waals surface area contributed by atoms with E-state index < -0.39 is 6.10 Å². The van der Waals surface area contributed by atoms with Gasteiger partial charge in [0.05, 0.1) is 0 Å². The van der Waals surface area contributed by atoms with Gasteiger partial charge in [-0.15, -0.1) is 0 Å². The average molecular weight is 964 g/mol. The van der Waals surface area contributed by atoms with Gasteiger partial charge in [-0.25, -0.2) is 0 Å². The van der Waals surface area contributed by atoms with E-state index in [0.29, 0.717) is 19.3 Å². The van der Waals surface area contributed by atoms with Crippen molar-refractivity contribution >= 4 is 17.9 Å². The van der Waals surface area contributed by atoms with Gasteiger partial charge in [-0.3, -0.25) is 14.4 Å². The molecule has 0 fully saturated rings. The molecule has 398 valence electrons. The highest BCUT2D eigenvalue weighted by molar-refractivity contribution is 5.71. The zero-order chi connectivity index (χ0) is 50.0. The van der Waals surface area contributed by atoms with Crippen molar-refractivity contribution in [3.8, 4) is 0 Å². The van der Waals surface area contributed by atoms with Crippen LogP contribution in [0.4, 0.5) is 0 Å². The smallest absolute Gasteiger partial charge is 0.306 e. The second-order valence-corrected chi connectivity index (χ2v) is 19.5. The maximum Gasteiger partial charge on any atom is 0.306 e. The molecule has 0 aromatic heterocycles. The van der Waals surface area contributed by atoms with Crippen LogP contribution in [0.3, 0.4) is 0 Å². The van der Waals surface area contributed by atoms with E-state index in [1.165, 1.54) is 128 Å². The van der Waals surface area contributed by atoms with Crippen molar-refractivity contribution < 1.29 is 28.6 Å². The van der Waals surface area contributed by atoms with E-state index in [4.69, 9.17) is 14.2 Å². The van der Waals surface area contributed by atoms with Gasteiger partial charge in [0, 0.05) is 19.3 Å². The van der Waals surface area contributed by atoms with E-state index in [0.717, 1.165) is 122 Å². The molecule has 1 atom stereocenters. The molecule has 0 heterocycles. The van der Waals surface area contributed by atoms with Crippen LogP contribution in [0.25, 0.3) is 0 Å². The summed E-state index contributed by atoms with van der Waals surface area (Å²) < 4.78 is 16.9. The summed E-state index contributed by atoms with van der Waals surface area (Å²) in [5.74, 6) is -0.917. The van der Waals surface area contributed by atoms with E-state index in [1.807, 2.05) is 0 Å². The molecule has 0 aliphatic carbocycles. The van der Waals surface area contributed by atoms with Crippen molar-refractivity contribution in [2.24, 2.45) is 0 Å². The van der Waals surface area contributed by atoms with E-state index >= 15 is 0 Å². The van der Waals surface area contributed by atoms with Crippen molar-refractivity contribution in [1.82, 2.24) is 0 Å². The Morgan fingerprint density at radius 1 is 0.304 bits per heavy atom. The third-order valence-corrected chi connectivity index (χ3v) is 12.7. The highest BCUT2D eigenvalue weighted by Crippen LogP contribution is 2.16. The van der Waals surface area contributed by atoms with E-state index in [2.05, 4.69) is 93.7 Å². The van der Waals surface area contributed by atoms with Crippen LogP contribution in [-0.2, 0) is 28.6 Å². The van der Waals surface area contributed by atoms with Gasteiger partial charge in [0.15, 0.2) is 6.10 Å². The van der Waals surface area contributed by atoms with Gasteiger partial charge in [0.25, 0.3) is 0 Å². The van der Waals surface area contributed by atoms with Crippen LogP contribution >= 0.6 is 0 Å². The van der Waals surface area contributed by atoms with E-state index in [1.54, 1.807) is 0 Å². The number of hydrogen-bond donors (Lipinski definition) is 0. The van der Waals surface area contributed by atoms with E-state index in [9.17, 15) is 14.4 Å². The molecular weight excluding hydrogens is 853 g/mol. The van der Waals surface area contributed by atoms with Gasteiger partial charge in [0.2, 0.25) is 0 Å². The van der Waals surface area contributed by atoms with Crippen LogP contribution in [0.2, 0.25) is 0 Å². The first-order valence-corrected chi connectivity index (χ1v) is 29.4. The molecule has 0 saturated heterocycles. The van der Waals surface area contributed by atoms with Crippen molar-refractivity contribution in [3.05, 3.63) is 72.9 Å². The molecule has 0 radical (unpaired) electrons. The van der Waals surface area contributed by atoms with Crippen molar-refractivity contribution in [3.63, 3.8) is 0 Å². The highest BCUT2D eigenvalue weighted by Gasteiger charge is 2.19. The van der Waals surface area contributed by atoms with Gasteiger partial charge in [-0.05, 0) is 89.9 Å². The van der Waals surface area contributed by atoms with E-state index in [-0.39, 0.29) is 31.1 Å². The Kier molecular flexibility index (Phi) is 54.8. The highest BCUT2D eigenvalue weighted by atomic mass is 16.6. The van der Waals surface area contributed by atoms with Gasteiger partial charge in [-0.2, -0.15) is 0 Å². The number of unbranched alkanes of at least 4 members (excludes halogenated alkanes) is 30. The molecule has 6 heteroatoms. The minimum absolute atomic E-state index is 0.0880. The fourth-order valence-electron chi connectivity index (χ4n) is 8.29. The lowest BCUT2D eigenvalue weighted by atomic mass is 10.0. The van der Waals surface area contributed by atoms with Crippen LogP contribution in [0, 0.1) is 0 Å². The maximum absolute atomic E-state index is 12.9. The molecule has 6 nitrogen and oxygen atoms in total. The molecule has 0 saturated carbocycles. The number of rotatable bonds is 53. The second kappa shape index (κ2) is 57.4. The molecule has 0 aromatic rings. The standard InChI is InChI=1S/C63H110O6/c1-4-7-10-13-16-19-22-25-28-30-31-33-35-38-41-44-47-50-53-56-62(65)68-59-60(58-67-61(64)55-52-49-46-43-40-37-34-27-24-21-18-15-12-9-6-3)69-63(66)57-54-51-48-45-42-39-36-32-29-26-23-20-17-14-11-8-5-2/h9,12,17-18,20-21,26-27,29,34,36,39,60H,4-8,10-11,13-16,19,22-25,28,30-33,35,37-38,40-59H2,1-3H3/b12-9-,20-17-,21-18-,29-26-,34-27-,39-36-/t60-/m1/s1. The molecule has 69 heavy (non-hydrogen) atoms. The molecule has 0 rings (SSSR count). The molecule has 0 N–H and O–H groups in total. The first-order chi connectivity index (χ1) is 34.0. The molecule has 0 aliphatic rings. The average Bonchev–Trinajstić information content (AvgIpc) is 3.35. The number of esters is 3. The summed E-state index contributed by atoms with van der Waals surface area (Å²) in [6, 6.07) is 0. The number of ether oxygens (including phenoxy) is 3. The monoisotopic (exact) mass is 963 g/mol. The van der Waals surface area contributed by atoms with Gasteiger partial charge in [0.1, 0.15) is 13.2 Å². The quantitative estimate of drug-likeness (QED) is 0.0262. The lowest BCUT2D eigenvalue weighted by molar-refractivity contribution is -0.167. The zero-order valence-electron chi connectivity index (χ0n) is 45.6. The summed E-state index contributed by atoms with van der Waals surface area (Å²) >= 11 is 0. The Hall–Kier alpha value is -3.15. The largest absolute Gasteiger partial charge is 0.462 e. The van der Waals surface area contributed by atoms with Gasteiger partial charge in [-0.1, -0.05) is 254 Å². The first kappa shape index (κ1) is 65.8. The number of hydrogen-bond acceptors (Lipinski definition) is 6. The first-order valence-electron chi connectivity index (χ1n) is 29.4. The Bertz CT molecular complexity index is 1290. The van der Waals surface area contributed by atoms with Gasteiger partial charge < -0.3 is 14.2 Å². The van der Waals surface area contributed by atoms with Crippen LogP contribution in [0.5, 0.6) is 0 Å². The van der Waals surface area contributed by atoms with Crippen molar-refractivity contribution in [2.75, 3.05) is 13.2 Å². The summed E-state index contributed by atoms with van der Waals surface area (Å²) in [5.41, 5.74) is 0. The Labute approximate surface area is 427 Å². The van der Waals surface area contributed by atoms with Gasteiger partial charge >= 0.3 is 17.9 Å². The summed E-state index contributed by atoms with van der Waals surface area (Å²) in [5, 5.41) is 0. The normalized spacial score (nSPS) is 12.6. The topological polar surface area (TPSA) is 78.9 Å². The number of carbonyl (C=O) groups is 3. The molecular formula is C63H110O6. The summed E-state index contributed by atoms with van der Waals surface area (Å²) in [7, 11) is 0. The lowest BCUT2D eigenvalue weighted by Gasteiger charge is -2.18. The molecule has 0 unspecified atom stereocenters. The molecule has 0 bridgehead atoms. The summed E-state index contributed by atoms with van der Waals surface area (Å²) in [4.78, 5) is 38.2. The minimum Gasteiger partial charge on any atom is -0.462 e. The third-order valence-electron chi connectivity index (χ3n) is 12.7. The SMILES string of the molecule is CC/C=C\C/C=C\C/C=C\CCCCCCCC(=O)OC[C@H](COC(=O)CCCCCCCCCCCCCCCCCCCCC)OC(=O)CCCCCC/C=C\C/C=C\C/C=C\CCCCC. The molecule has 0 aromatic carbocycles. The molecule has 0 aliphatic heterocycles. The zero-order valence-corrected chi connectivity index (χ0v) is 45.6. The third kappa shape index (κ3) is 55.6. The van der Waals surface area contributed by atoms with Crippen LogP contribution in [-0.4, -0.2) is 37.2 Å². The van der Waals surface area contributed by atoms with Crippen molar-refractivity contribution in [2.45, 2.75) is 297 Å². The van der Waals surface area contributed by atoms with Crippen LogP contribution in [0.1, 0.15) is 290 Å². The predicted molar refractivity (Wildman–Crippen MR) is 298 cm³/mol. The van der Waals surface area contributed by atoms with Crippen molar-refractivity contribution in [1.29, 1.82) is 0 Å². The fraction of sp³-hybridized carbons (Fsp3) is 0.762. The maximum atomic E-state index is 12.9. The Morgan fingerprint density at radius 3 is 0.913 bits per heavy atom. The molecule has 0 amide bonds. The fourth-order valence-corrected chi connectivity index (χ4v) is 8.29. The summed E-state index contributed by atoms with van der Waals surface area (Å²) in [6.45, 7) is 6.50. The van der Waals surface area contributed by atoms with Crippen LogP contribution in [0.15, 0.2) is 72.9 Å². The van der Waals surface area contributed by atoms with Crippen LogP contribution < -0.4 is 0 Å².